The van der Waals surface area contributed by atoms with E-state index in [0.717, 1.165) is 39.0 Å². The van der Waals surface area contributed by atoms with Crippen LogP contribution in [0.4, 0.5) is 0 Å². The Morgan fingerprint density at radius 3 is 2.00 bits per heavy atom. The van der Waals surface area contributed by atoms with Crippen LogP contribution < -0.4 is 0 Å². The van der Waals surface area contributed by atoms with E-state index in [-0.39, 0.29) is 5.75 Å². The Balaban J connectivity index is 1.42. The van der Waals surface area contributed by atoms with Crippen LogP contribution in [0.5, 0.6) is 5.75 Å². The van der Waals surface area contributed by atoms with Crippen LogP contribution in [0.15, 0.2) is 103 Å². The number of aryl methyl sites for hydroxylation is 3. The van der Waals surface area contributed by atoms with Crippen LogP contribution in [0.2, 0.25) is 0 Å². The van der Waals surface area contributed by atoms with Crippen LogP contribution >= 0.6 is 0 Å². The molecule has 0 aliphatic rings. The molecular formula is C36H27N5O. The molecular weight excluding hydrogens is 518 g/mol. The van der Waals surface area contributed by atoms with Crippen LogP contribution in [0.1, 0.15) is 16.7 Å². The number of hydrogen-bond donors (Lipinski definition) is 1. The van der Waals surface area contributed by atoms with Crippen LogP contribution in [0.25, 0.3) is 66.8 Å². The van der Waals surface area contributed by atoms with E-state index in [1.807, 2.05) is 42.5 Å². The van der Waals surface area contributed by atoms with Crippen molar-refractivity contribution < 1.29 is 5.11 Å². The maximum Gasteiger partial charge on any atom is 0.127 e. The quantitative estimate of drug-likeness (QED) is 0.240. The highest BCUT2D eigenvalue weighted by Gasteiger charge is 2.15. The van der Waals surface area contributed by atoms with Gasteiger partial charge in [-0.1, -0.05) is 42.0 Å². The van der Waals surface area contributed by atoms with Gasteiger partial charge in [0.15, 0.2) is 0 Å². The fourth-order valence-electron chi connectivity index (χ4n) is 5.78. The maximum atomic E-state index is 10.9. The molecule has 0 aliphatic heterocycles. The Morgan fingerprint density at radius 1 is 0.548 bits per heavy atom. The average molecular weight is 546 g/mol. The van der Waals surface area contributed by atoms with Gasteiger partial charge < -0.3 is 5.11 Å². The van der Waals surface area contributed by atoms with E-state index >= 15 is 0 Å². The Hall–Kier alpha value is -5.49. The monoisotopic (exact) mass is 545 g/mol. The zero-order valence-corrected chi connectivity index (χ0v) is 23.5. The van der Waals surface area contributed by atoms with E-state index in [1.54, 1.807) is 18.5 Å². The smallest absolute Gasteiger partial charge is 0.127 e. The molecule has 0 bridgehead atoms. The molecule has 0 amide bonds. The van der Waals surface area contributed by atoms with Gasteiger partial charge in [-0.2, -0.15) is 0 Å². The van der Waals surface area contributed by atoms with Gasteiger partial charge in [0.25, 0.3) is 0 Å². The molecule has 202 valence electrons. The molecule has 3 aromatic heterocycles. The second kappa shape index (κ2) is 10.2. The first kappa shape index (κ1) is 25.5. The van der Waals surface area contributed by atoms with Crippen LogP contribution in [0.3, 0.4) is 0 Å². The first-order valence-corrected chi connectivity index (χ1v) is 13.8. The Bertz CT molecular complexity index is 2130. The highest BCUT2D eigenvalue weighted by Crippen LogP contribution is 2.37. The molecule has 0 fully saturated rings. The summed E-state index contributed by atoms with van der Waals surface area (Å²) in [5, 5.41) is 21.0. The van der Waals surface area contributed by atoms with Crippen LogP contribution in [-0.4, -0.2) is 30.3 Å². The van der Waals surface area contributed by atoms with Gasteiger partial charge in [-0.25, -0.2) is 4.98 Å². The SMILES string of the molecule is Cc1cc(C)c(-c2cc(-c3cc4ccccc4nn3)cc(-c3cccc(-c4cc5nccnc5cc4O)n3)c2)c(C)c1. The number of aromatic hydroxyl groups is 1. The summed E-state index contributed by atoms with van der Waals surface area (Å²) in [5.74, 6) is 0.111. The summed E-state index contributed by atoms with van der Waals surface area (Å²) in [6.07, 6.45) is 3.26. The van der Waals surface area contributed by atoms with Crippen molar-refractivity contribution in [3.63, 3.8) is 0 Å². The number of nitrogens with zero attached hydrogens (tertiary/aromatic N) is 5. The maximum absolute atomic E-state index is 10.9. The Labute approximate surface area is 243 Å². The number of phenolic OH excluding ortho intramolecular Hbond substituents is 1. The second-order valence-corrected chi connectivity index (χ2v) is 10.7. The molecule has 1 N–H and O–H groups in total. The highest BCUT2D eigenvalue weighted by atomic mass is 16.3. The summed E-state index contributed by atoms with van der Waals surface area (Å²) >= 11 is 0. The fourth-order valence-corrected chi connectivity index (χ4v) is 5.78. The number of phenols is 1. The molecule has 6 nitrogen and oxygen atoms in total. The predicted octanol–water partition coefficient (Wildman–Crippen LogP) is 8.27. The minimum absolute atomic E-state index is 0.111. The zero-order valence-electron chi connectivity index (χ0n) is 23.5. The van der Waals surface area contributed by atoms with Crippen LogP contribution in [-0.2, 0) is 0 Å². The van der Waals surface area contributed by atoms with E-state index in [2.05, 4.69) is 83.4 Å². The summed E-state index contributed by atoms with van der Waals surface area (Å²) in [6, 6.07) is 30.3. The van der Waals surface area contributed by atoms with Gasteiger partial charge in [-0.05, 0) is 91.6 Å². The minimum Gasteiger partial charge on any atom is -0.507 e. The van der Waals surface area contributed by atoms with E-state index in [9.17, 15) is 5.11 Å². The molecule has 6 heteroatoms. The van der Waals surface area contributed by atoms with E-state index in [1.165, 1.54) is 22.3 Å². The normalized spacial score (nSPS) is 11.3. The van der Waals surface area contributed by atoms with Gasteiger partial charge in [-0.15, -0.1) is 10.2 Å². The molecule has 0 radical (unpaired) electrons. The van der Waals surface area contributed by atoms with Gasteiger partial charge in [-0.3, -0.25) is 9.97 Å². The molecule has 0 spiro atoms. The molecule has 3 heterocycles. The number of aromatic nitrogens is 5. The number of pyridine rings is 1. The van der Waals surface area contributed by atoms with Crippen LogP contribution in [0, 0.1) is 20.8 Å². The topological polar surface area (TPSA) is 84.7 Å². The van der Waals surface area contributed by atoms with Gasteiger partial charge >= 0.3 is 0 Å². The molecule has 0 saturated carbocycles. The first-order chi connectivity index (χ1) is 20.4. The van der Waals surface area contributed by atoms with Gasteiger partial charge in [0.05, 0.1) is 33.6 Å². The summed E-state index contributed by atoms with van der Waals surface area (Å²) in [6.45, 7) is 6.43. The number of fused-ring (bicyclic) bond motifs is 2. The standard InChI is InChI=1S/C36H27N5O/c1-21-13-22(2)36(23(3)14-21)27-16-25(15-26(17-27)32-18-24-7-4-5-8-30(24)40-41-32)29-9-6-10-31(39-29)28-19-33-34(20-35(28)42)38-12-11-37-33/h4-20,42H,1-3H3. The summed E-state index contributed by atoms with van der Waals surface area (Å²) in [4.78, 5) is 13.7. The van der Waals surface area contributed by atoms with Crippen molar-refractivity contribution in [1.29, 1.82) is 0 Å². The highest BCUT2D eigenvalue weighted by molar-refractivity contribution is 5.87. The number of hydrogen-bond acceptors (Lipinski definition) is 6. The largest absolute Gasteiger partial charge is 0.507 e. The van der Waals surface area contributed by atoms with Crippen molar-refractivity contribution in [1.82, 2.24) is 25.1 Å². The number of rotatable bonds is 4. The third-order valence-electron chi connectivity index (χ3n) is 7.60. The zero-order chi connectivity index (χ0) is 28.8. The lowest BCUT2D eigenvalue weighted by Crippen LogP contribution is -1.95. The summed E-state index contributed by atoms with van der Waals surface area (Å²) < 4.78 is 0. The lowest BCUT2D eigenvalue weighted by Gasteiger charge is -2.15. The van der Waals surface area contributed by atoms with Crippen molar-refractivity contribution in [2.75, 3.05) is 0 Å². The molecule has 0 aliphatic carbocycles. The van der Waals surface area contributed by atoms with Crippen molar-refractivity contribution in [3.05, 3.63) is 120 Å². The molecule has 0 atom stereocenters. The predicted molar refractivity (Wildman–Crippen MR) is 168 cm³/mol. The third-order valence-corrected chi connectivity index (χ3v) is 7.60. The third kappa shape index (κ3) is 4.63. The van der Waals surface area contributed by atoms with E-state index in [0.29, 0.717) is 22.3 Å². The molecule has 42 heavy (non-hydrogen) atoms. The average Bonchev–Trinajstić information content (AvgIpc) is 3.00. The Kier molecular flexibility index (Phi) is 6.16. The van der Waals surface area contributed by atoms with E-state index < -0.39 is 0 Å². The first-order valence-electron chi connectivity index (χ1n) is 13.8. The van der Waals surface area contributed by atoms with Crippen molar-refractivity contribution in [3.8, 4) is 50.6 Å². The molecule has 4 aromatic carbocycles. The fraction of sp³-hybridized carbons (Fsp3) is 0.0833. The van der Waals surface area contributed by atoms with Gasteiger partial charge in [0.1, 0.15) is 5.75 Å². The van der Waals surface area contributed by atoms with Gasteiger partial charge in [0, 0.05) is 40.5 Å². The molecule has 7 aromatic rings. The number of benzene rings is 4. The lowest BCUT2D eigenvalue weighted by atomic mass is 9.90. The lowest BCUT2D eigenvalue weighted by molar-refractivity contribution is 0.478. The van der Waals surface area contributed by atoms with Crippen molar-refractivity contribution >= 4 is 21.9 Å². The molecule has 0 saturated heterocycles. The molecule has 0 unspecified atom stereocenters. The van der Waals surface area contributed by atoms with Crippen molar-refractivity contribution in [2.24, 2.45) is 0 Å². The summed E-state index contributed by atoms with van der Waals surface area (Å²) in [7, 11) is 0. The van der Waals surface area contributed by atoms with E-state index in [4.69, 9.17) is 4.98 Å². The van der Waals surface area contributed by atoms with Gasteiger partial charge in [0.2, 0.25) is 0 Å². The summed E-state index contributed by atoms with van der Waals surface area (Å²) in [5.41, 5.74) is 12.9. The Morgan fingerprint density at radius 2 is 1.21 bits per heavy atom. The minimum atomic E-state index is 0.111. The second-order valence-electron chi connectivity index (χ2n) is 10.7. The van der Waals surface area contributed by atoms with Crippen molar-refractivity contribution in [2.45, 2.75) is 20.8 Å². The molecule has 7 rings (SSSR count).